The fourth-order valence-corrected chi connectivity index (χ4v) is 3.25. The summed E-state index contributed by atoms with van der Waals surface area (Å²) in [5.41, 5.74) is 2.30. The highest BCUT2D eigenvalue weighted by Crippen LogP contribution is 2.41. The summed E-state index contributed by atoms with van der Waals surface area (Å²) in [6.07, 6.45) is 6.64. The molecule has 2 heterocycles. The lowest BCUT2D eigenvalue weighted by atomic mass is 9.85. The van der Waals surface area contributed by atoms with Gasteiger partial charge in [-0.2, -0.15) is 0 Å². The van der Waals surface area contributed by atoms with E-state index < -0.39 is 0 Å². The van der Waals surface area contributed by atoms with Crippen LogP contribution in [-0.4, -0.2) is 24.8 Å². The minimum absolute atomic E-state index is 0.360. The van der Waals surface area contributed by atoms with Gasteiger partial charge in [-0.15, -0.1) is 0 Å². The summed E-state index contributed by atoms with van der Waals surface area (Å²) in [4.78, 5) is 21.9. The lowest BCUT2D eigenvalue weighted by Gasteiger charge is -2.29. The number of aldehydes is 2. The van der Waals surface area contributed by atoms with E-state index in [-0.39, 0.29) is 0 Å². The number of hydrogen-bond donors (Lipinski definition) is 0. The van der Waals surface area contributed by atoms with Gasteiger partial charge < -0.3 is 4.74 Å². The van der Waals surface area contributed by atoms with Gasteiger partial charge in [0.2, 0.25) is 0 Å². The number of ether oxygens (including phenoxy) is 1. The summed E-state index contributed by atoms with van der Waals surface area (Å²) in [6, 6.07) is 5.42. The van der Waals surface area contributed by atoms with Crippen LogP contribution in [0.25, 0.3) is 0 Å². The van der Waals surface area contributed by atoms with Crippen LogP contribution in [0.15, 0.2) is 18.2 Å². The van der Waals surface area contributed by atoms with Gasteiger partial charge in [-0.05, 0) is 43.2 Å². The van der Waals surface area contributed by atoms with Gasteiger partial charge in [0.05, 0.1) is 12.2 Å². The van der Waals surface area contributed by atoms with E-state index >= 15 is 0 Å². The molecule has 2 bridgehead atoms. The second-order valence-electron chi connectivity index (χ2n) is 5.25. The number of fused-ring (bicyclic) bond motifs is 2. The predicted molar refractivity (Wildman–Crippen MR) is 67.1 cm³/mol. The van der Waals surface area contributed by atoms with E-state index in [1.54, 1.807) is 12.1 Å². The molecule has 0 N–H and O–H groups in total. The highest BCUT2D eigenvalue weighted by molar-refractivity contribution is 5.83. The van der Waals surface area contributed by atoms with Crippen molar-refractivity contribution in [3.8, 4) is 0 Å². The minimum Gasteiger partial charge on any atom is -0.375 e. The summed E-state index contributed by atoms with van der Waals surface area (Å²) in [6.45, 7) is 0. The summed E-state index contributed by atoms with van der Waals surface area (Å²) in [5.74, 6) is 0.400. The van der Waals surface area contributed by atoms with Crippen molar-refractivity contribution in [2.45, 2.75) is 43.8 Å². The Balaban J connectivity index is 1.91. The summed E-state index contributed by atoms with van der Waals surface area (Å²) < 4.78 is 5.82. The van der Waals surface area contributed by atoms with Crippen LogP contribution in [-0.2, 0) is 4.74 Å². The van der Waals surface area contributed by atoms with Gasteiger partial charge >= 0.3 is 0 Å². The SMILES string of the molecule is O=Cc1ccc(C2C[C@@H]3CC[C@@H](C2)O3)c(C=O)c1. The lowest BCUT2D eigenvalue weighted by molar-refractivity contribution is -0.00388. The second kappa shape index (κ2) is 4.65. The average molecular weight is 244 g/mol. The summed E-state index contributed by atoms with van der Waals surface area (Å²) in [5, 5.41) is 0. The number of carbonyl (C=O) groups is 2. The number of carbonyl (C=O) groups excluding carboxylic acids is 2. The monoisotopic (exact) mass is 244 g/mol. The quantitative estimate of drug-likeness (QED) is 0.768. The van der Waals surface area contributed by atoms with Gasteiger partial charge in [0, 0.05) is 11.1 Å². The lowest BCUT2D eigenvalue weighted by Crippen LogP contribution is -2.24. The number of rotatable bonds is 3. The van der Waals surface area contributed by atoms with Gasteiger partial charge in [0.1, 0.15) is 12.6 Å². The first-order valence-corrected chi connectivity index (χ1v) is 6.50. The smallest absolute Gasteiger partial charge is 0.150 e. The molecule has 0 amide bonds. The molecule has 3 heteroatoms. The summed E-state index contributed by atoms with van der Waals surface area (Å²) >= 11 is 0. The zero-order chi connectivity index (χ0) is 12.5. The van der Waals surface area contributed by atoms with Crippen LogP contribution >= 0.6 is 0 Å². The van der Waals surface area contributed by atoms with Crippen LogP contribution < -0.4 is 0 Å². The maximum Gasteiger partial charge on any atom is 0.150 e. The Labute approximate surface area is 106 Å². The predicted octanol–water partition coefficient (Wildman–Crippen LogP) is 2.74. The van der Waals surface area contributed by atoms with E-state index in [2.05, 4.69) is 0 Å². The molecule has 1 aromatic carbocycles. The average Bonchev–Trinajstić information content (AvgIpc) is 2.76. The van der Waals surface area contributed by atoms with Crippen molar-refractivity contribution in [1.29, 1.82) is 0 Å². The molecule has 2 aliphatic rings. The maximum atomic E-state index is 11.2. The molecule has 2 atom stereocenters. The van der Waals surface area contributed by atoms with E-state index in [9.17, 15) is 9.59 Å². The third-order valence-electron chi connectivity index (χ3n) is 4.10. The molecule has 18 heavy (non-hydrogen) atoms. The third kappa shape index (κ3) is 1.99. The standard InChI is InChI=1S/C15H16O3/c16-8-10-1-4-15(12(5-10)9-17)11-6-13-2-3-14(7-11)18-13/h1,4-5,8-9,11,13-14H,2-3,6-7H2/t13-,14-/m0/s1. The molecule has 0 spiro atoms. The molecule has 0 aliphatic carbocycles. The van der Waals surface area contributed by atoms with Crippen LogP contribution in [0.4, 0.5) is 0 Å². The molecule has 1 aromatic rings. The van der Waals surface area contributed by atoms with Crippen LogP contribution in [0.1, 0.15) is 57.9 Å². The fraction of sp³-hybridized carbons (Fsp3) is 0.467. The molecule has 2 aliphatic heterocycles. The van der Waals surface area contributed by atoms with E-state index in [1.807, 2.05) is 6.07 Å². The second-order valence-corrected chi connectivity index (χ2v) is 5.25. The van der Waals surface area contributed by atoms with Crippen LogP contribution in [0.2, 0.25) is 0 Å². The molecular weight excluding hydrogens is 228 g/mol. The molecule has 2 fully saturated rings. The first-order chi connectivity index (χ1) is 8.80. The minimum atomic E-state index is 0.360. The number of hydrogen-bond acceptors (Lipinski definition) is 3. The van der Waals surface area contributed by atoms with Gasteiger partial charge in [-0.1, -0.05) is 12.1 Å². The molecule has 0 saturated carbocycles. The highest BCUT2D eigenvalue weighted by Gasteiger charge is 2.36. The maximum absolute atomic E-state index is 11.2. The van der Waals surface area contributed by atoms with Crippen molar-refractivity contribution < 1.29 is 14.3 Å². The Morgan fingerprint density at radius 3 is 2.39 bits per heavy atom. The van der Waals surface area contributed by atoms with Crippen molar-refractivity contribution in [3.05, 3.63) is 34.9 Å². The van der Waals surface area contributed by atoms with Crippen molar-refractivity contribution in [3.63, 3.8) is 0 Å². The normalized spacial score (nSPS) is 30.1. The first-order valence-electron chi connectivity index (χ1n) is 6.50. The van der Waals surface area contributed by atoms with Gasteiger partial charge in [0.15, 0.2) is 0 Å². The van der Waals surface area contributed by atoms with Crippen molar-refractivity contribution in [2.75, 3.05) is 0 Å². The zero-order valence-corrected chi connectivity index (χ0v) is 10.2. The molecule has 0 unspecified atom stereocenters. The Bertz CT molecular complexity index is 469. The van der Waals surface area contributed by atoms with E-state index in [4.69, 9.17) is 4.74 Å². The Morgan fingerprint density at radius 1 is 1.06 bits per heavy atom. The zero-order valence-electron chi connectivity index (χ0n) is 10.2. The van der Waals surface area contributed by atoms with Crippen LogP contribution in [0.5, 0.6) is 0 Å². The van der Waals surface area contributed by atoms with Crippen molar-refractivity contribution in [1.82, 2.24) is 0 Å². The topological polar surface area (TPSA) is 43.4 Å². The largest absolute Gasteiger partial charge is 0.375 e. The third-order valence-corrected chi connectivity index (χ3v) is 4.10. The molecule has 94 valence electrons. The number of benzene rings is 1. The Kier molecular flexibility index (Phi) is 3.00. The van der Waals surface area contributed by atoms with Crippen LogP contribution in [0.3, 0.4) is 0 Å². The van der Waals surface area contributed by atoms with Gasteiger partial charge in [0.25, 0.3) is 0 Å². The molecule has 2 saturated heterocycles. The first kappa shape index (κ1) is 11.6. The van der Waals surface area contributed by atoms with Crippen LogP contribution in [0, 0.1) is 0 Å². The molecule has 0 radical (unpaired) electrons. The van der Waals surface area contributed by atoms with E-state index in [1.165, 1.54) is 0 Å². The van der Waals surface area contributed by atoms with Crippen molar-refractivity contribution in [2.24, 2.45) is 0 Å². The van der Waals surface area contributed by atoms with E-state index in [0.29, 0.717) is 29.3 Å². The van der Waals surface area contributed by atoms with Gasteiger partial charge in [-0.25, -0.2) is 0 Å². The van der Waals surface area contributed by atoms with Crippen molar-refractivity contribution >= 4 is 12.6 Å². The molecule has 0 aromatic heterocycles. The fourth-order valence-electron chi connectivity index (χ4n) is 3.25. The molecule has 3 rings (SSSR count). The molecule has 3 nitrogen and oxygen atoms in total. The summed E-state index contributed by atoms with van der Waals surface area (Å²) in [7, 11) is 0. The molecular formula is C15H16O3. The Hall–Kier alpha value is -1.48. The highest BCUT2D eigenvalue weighted by atomic mass is 16.5. The Morgan fingerprint density at radius 2 is 1.78 bits per heavy atom. The van der Waals surface area contributed by atoms with Gasteiger partial charge in [-0.3, -0.25) is 9.59 Å². The van der Waals surface area contributed by atoms with E-state index in [0.717, 1.165) is 43.8 Å².